The summed E-state index contributed by atoms with van der Waals surface area (Å²) in [5.74, 6) is 0. The van der Waals surface area contributed by atoms with E-state index in [0.29, 0.717) is 16.8 Å². The van der Waals surface area contributed by atoms with E-state index < -0.39 is 0 Å². The second kappa shape index (κ2) is 9.24. The van der Waals surface area contributed by atoms with E-state index in [1.807, 2.05) is 6.07 Å². The number of rotatable bonds is 3. The van der Waals surface area contributed by atoms with E-state index in [9.17, 15) is 5.26 Å². The van der Waals surface area contributed by atoms with Gasteiger partial charge >= 0.3 is 0 Å². The van der Waals surface area contributed by atoms with Gasteiger partial charge < -0.3 is 9.13 Å². The van der Waals surface area contributed by atoms with E-state index in [0.717, 1.165) is 38.7 Å². The molecule has 0 saturated carbocycles. The first-order valence-corrected chi connectivity index (χ1v) is 13.8. The molecular weight excluding hydrogens is 512 g/mol. The molecule has 194 valence electrons. The lowest BCUT2D eigenvalue weighted by Gasteiger charge is -2.12. The molecule has 4 nitrogen and oxygen atoms in total. The summed E-state index contributed by atoms with van der Waals surface area (Å²) >= 11 is 0. The number of fused-ring (bicyclic) bond motifs is 6. The highest BCUT2D eigenvalue weighted by molar-refractivity contribution is 6.11. The molecule has 0 spiro atoms. The number of nitrogens with zero attached hydrogens (tertiary/aromatic N) is 4. The summed E-state index contributed by atoms with van der Waals surface area (Å²) < 4.78 is 4.62. The van der Waals surface area contributed by atoms with Gasteiger partial charge in [0.25, 0.3) is 0 Å². The van der Waals surface area contributed by atoms with Crippen molar-refractivity contribution in [2.24, 2.45) is 0 Å². The third-order valence-corrected chi connectivity index (χ3v) is 8.19. The first-order valence-electron chi connectivity index (χ1n) is 13.8. The molecule has 6 aromatic carbocycles. The maximum atomic E-state index is 9.79. The highest BCUT2D eigenvalue weighted by atomic mass is 15.0. The lowest BCUT2D eigenvalue weighted by atomic mass is 9.97. The summed E-state index contributed by atoms with van der Waals surface area (Å²) in [7, 11) is 0. The SMILES string of the molecule is [C-]#[N+]c1cccc(C#N)c1-c1ccc2c(c1)c1ccccc1n2-c1ccc(-n2c3ccccc3c3ccccc32)cc1. The Labute approximate surface area is 242 Å². The Morgan fingerprint density at radius 3 is 1.55 bits per heavy atom. The van der Waals surface area contributed by atoms with Crippen molar-refractivity contribution in [3.8, 4) is 28.6 Å². The van der Waals surface area contributed by atoms with Crippen LogP contribution in [-0.2, 0) is 0 Å². The van der Waals surface area contributed by atoms with Gasteiger partial charge in [0, 0.05) is 44.0 Å². The molecular formula is C38H22N4. The number of hydrogen-bond donors (Lipinski definition) is 0. The van der Waals surface area contributed by atoms with Gasteiger partial charge in [-0.05, 0) is 66.2 Å². The maximum absolute atomic E-state index is 9.79. The Morgan fingerprint density at radius 2 is 1.02 bits per heavy atom. The van der Waals surface area contributed by atoms with Gasteiger partial charge in [-0.15, -0.1) is 0 Å². The molecule has 8 rings (SSSR count). The average molecular weight is 535 g/mol. The van der Waals surface area contributed by atoms with Gasteiger partial charge in [0.1, 0.15) is 0 Å². The minimum absolute atomic E-state index is 0.484. The normalized spacial score (nSPS) is 11.3. The van der Waals surface area contributed by atoms with E-state index in [-0.39, 0.29) is 0 Å². The first-order chi connectivity index (χ1) is 20.8. The number of hydrogen-bond acceptors (Lipinski definition) is 1. The number of nitriles is 1. The van der Waals surface area contributed by atoms with Gasteiger partial charge in [-0.2, -0.15) is 5.26 Å². The minimum Gasteiger partial charge on any atom is -0.309 e. The molecule has 0 aliphatic carbocycles. The van der Waals surface area contributed by atoms with Crippen LogP contribution in [0.5, 0.6) is 0 Å². The third-order valence-electron chi connectivity index (χ3n) is 8.19. The van der Waals surface area contributed by atoms with E-state index >= 15 is 0 Å². The molecule has 2 aromatic heterocycles. The highest BCUT2D eigenvalue weighted by Gasteiger charge is 2.17. The van der Waals surface area contributed by atoms with E-state index in [1.54, 1.807) is 18.2 Å². The summed E-state index contributed by atoms with van der Waals surface area (Å²) in [6, 6.07) is 48.1. The highest BCUT2D eigenvalue weighted by Crippen LogP contribution is 2.39. The third kappa shape index (κ3) is 3.40. The Balaban J connectivity index is 1.32. The van der Waals surface area contributed by atoms with Crippen LogP contribution in [0.2, 0.25) is 0 Å². The van der Waals surface area contributed by atoms with Crippen LogP contribution in [0.1, 0.15) is 5.56 Å². The monoisotopic (exact) mass is 534 g/mol. The molecule has 0 N–H and O–H groups in total. The Morgan fingerprint density at radius 1 is 0.524 bits per heavy atom. The zero-order valence-electron chi connectivity index (χ0n) is 22.5. The fraction of sp³-hybridized carbons (Fsp3) is 0. The summed E-state index contributed by atoms with van der Waals surface area (Å²) in [5.41, 5.74) is 9.28. The van der Waals surface area contributed by atoms with Gasteiger partial charge in [-0.25, -0.2) is 4.85 Å². The molecule has 0 bridgehead atoms. The topological polar surface area (TPSA) is 38.0 Å². The fourth-order valence-electron chi connectivity index (χ4n) is 6.39. The molecule has 0 unspecified atom stereocenters. The number of para-hydroxylation sites is 3. The van der Waals surface area contributed by atoms with Crippen molar-refractivity contribution in [3.05, 3.63) is 150 Å². The smallest absolute Gasteiger partial charge is 0.196 e. The van der Waals surface area contributed by atoms with Crippen LogP contribution in [0.15, 0.2) is 133 Å². The van der Waals surface area contributed by atoms with Crippen molar-refractivity contribution in [1.82, 2.24) is 9.13 Å². The minimum atomic E-state index is 0.484. The van der Waals surface area contributed by atoms with Gasteiger partial charge in [0.05, 0.1) is 34.7 Å². The number of benzene rings is 6. The van der Waals surface area contributed by atoms with Crippen molar-refractivity contribution < 1.29 is 0 Å². The van der Waals surface area contributed by atoms with Crippen LogP contribution in [0.25, 0.3) is 71.0 Å². The van der Waals surface area contributed by atoms with Gasteiger partial charge in [0.2, 0.25) is 0 Å². The van der Waals surface area contributed by atoms with Gasteiger partial charge in [-0.1, -0.05) is 72.8 Å². The molecule has 2 heterocycles. The summed E-state index contributed by atoms with van der Waals surface area (Å²) in [5, 5.41) is 14.5. The Kier molecular flexibility index (Phi) is 5.22. The number of aromatic nitrogens is 2. The first kappa shape index (κ1) is 23.8. The lowest BCUT2D eigenvalue weighted by molar-refractivity contribution is 1.14. The molecule has 0 atom stereocenters. The lowest BCUT2D eigenvalue weighted by Crippen LogP contribution is -1.97. The largest absolute Gasteiger partial charge is 0.309 e. The van der Waals surface area contributed by atoms with Gasteiger partial charge in [0.15, 0.2) is 5.69 Å². The van der Waals surface area contributed by atoms with Crippen LogP contribution in [-0.4, -0.2) is 9.13 Å². The fourth-order valence-corrected chi connectivity index (χ4v) is 6.39. The van der Waals surface area contributed by atoms with Crippen LogP contribution in [0, 0.1) is 17.9 Å². The van der Waals surface area contributed by atoms with Crippen LogP contribution in [0.3, 0.4) is 0 Å². The Bertz CT molecular complexity index is 2340. The van der Waals surface area contributed by atoms with E-state index in [1.165, 1.54) is 21.8 Å². The van der Waals surface area contributed by atoms with Crippen molar-refractivity contribution >= 4 is 49.3 Å². The van der Waals surface area contributed by atoms with Crippen LogP contribution >= 0.6 is 0 Å². The molecule has 0 aliphatic rings. The average Bonchev–Trinajstić information content (AvgIpc) is 3.57. The molecule has 4 heteroatoms. The van der Waals surface area contributed by atoms with E-state index in [4.69, 9.17) is 6.57 Å². The summed E-state index contributed by atoms with van der Waals surface area (Å²) in [4.78, 5) is 3.71. The van der Waals surface area contributed by atoms with Crippen molar-refractivity contribution in [2.75, 3.05) is 0 Å². The van der Waals surface area contributed by atoms with Crippen LogP contribution in [0.4, 0.5) is 5.69 Å². The molecule has 0 amide bonds. The summed E-state index contributed by atoms with van der Waals surface area (Å²) in [6.45, 7) is 7.68. The zero-order valence-corrected chi connectivity index (χ0v) is 22.5. The predicted octanol–water partition coefficient (Wildman–Crippen LogP) is 9.97. The second-order valence-electron chi connectivity index (χ2n) is 10.4. The van der Waals surface area contributed by atoms with Crippen molar-refractivity contribution in [2.45, 2.75) is 0 Å². The van der Waals surface area contributed by atoms with Crippen molar-refractivity contribution in [1.29, 1.82) is 5.26 Å². The van der Waals surface area contributed by atoms with Gasteiger partial charge in [-0.3, -0.25) is 0 Å². The molecule has 8 aromatic rings. The van der Waals surface area contributed by atoms with E-state index in [2.05, 4.69) is 129 Å². The zero-order chi connectivity index (χ0) is 28.2. The quantitative estimate of drug-likeness (QED) is 0.208. The predicted molar refractivity (Wildman–Crippen MR) is 172 cm³/mol. The molecule has 0 radical (unpaired) electrons. The molecule has 0 fully saturated rings. The standard InChI is InChI=1S/C38H22N4/c1-40-33-13-8-9-26(24-39)38(33)25-17-22-37-32(23-25)31-12-4-7-16-36(31)42(37)28-20-18-27(19-21-28)41-34-14-5-2-10-29(34)30-11-3-6-15-35(30)41/h2-23H. The second-order valence-corrected chi connectivity index (χ2v) is 10.4. The Hall–Kier alpha value is -6.10. The van der Waals surface area contributed by atoms with Crippen molar-refractivity contribution in [3.63, 3.8) is 0 Å². The molecule has 42 heavy (non-hydrogen) atoms. The summed E-state index contributed by atoms with van der Waals surface area (Å²) in [6.07, 6.45) is 0. The molecule has 0 aliphatic heterocycles. The maximum Gasteiger partial charge on any atom is 0.196 e. The van der Waals surface area contributed by atoms with Crippen LogP contribution < -0.4 is 0 Å². The molecule has 0 saturated heterocycles.